The van der Waals surface area contributed by atoms with Gasteiger partial charge in [0.15, 0.2) is 0 Å². The number of nitro benzene ring substituents is 1. The van der Waals surface area contributed by atoms with E-state index in [1.807, 2.05) is 13.8 Å². The van der Waals surface area contributed by atoms with Crippen LogP contribution in [0, 0.1) is 10.1 Å². The van der Waals surface area contributed by atoms with E-state index in [4.69, 9.17) is 0 Å². The van der Waals surface area contributed by atoms with Crippen molar-refractivity contribution in [2.45, 2.75) is 32.2 Å². The molecule has 0 unspecified atom stereocenters. The number of nitrogens with zero attached hydrogens (tertiary/aromatic N) is 2. The number of carbonyl (C=O) groups excluding carboxylic acids is 2. The Kier molecular flexibility index (Phi) is 3.44. The zero-order valence-electron chi connectivity index (χ0n) is 11.3. The van der Waals surface area contributed by atoms with Crippen molar-refractivity contribution in [2.24, 2.45) is 0 Å². The number of nitro groups is 1. The Labute approximate surface area is 115 Å². The van der Waals surface area contributed by atoms with E-state index in [-0.39, 0.29) is 17.3 Å². The van der Waals surface area contributed by atoms with Crippen molar-refractivity contribution in [2.75, 3.05) is 4.90 Å². The minimum Gasteiger partial charge on any atom is -0.323 e. The van der Waals surface area contributed by atoms with Gasteiger partial charge in [0.05, 0.1) is 10.6 Å². The maximum atomic E-state index is 12.5. The van der Waals surface area contributed by atoms with Gasteiger partial charge in [-0.15, -0.1) is 0 Å². The van der Waals surface area contributed by atoms with Crippen LogP contribution in [0.25, 0.3) is 0 Å². The molecule has 1 saturated heterocycles. The molecule has 1 aliphatic rings. The predicted octanol–water partition coefficient (Wildman–Crippen LogP) is 2.21. The molecule has 1 aromatic carbocycles. The fourth-order valence-corrected chi connectivity index (χ4v) is 2.33. The van der Waals surface area contributed by atoms with Crippen LogP contribution in [-0.2, 0) is 4.79 Å². The molecule has 1 heterocycles. The van der Waals surface area contributed by atoms with E-state index in [2.05, 4.69) is 5.32 Å². The molecule has 7 heteroatoms. The summed E-state index contributed by atoms with van der Waals surface area (Å²) in [4.78, 5) is 35.7. The lowest BCUT2D eigenvalue weighted by atomic mass is 9.93. The predicted molar refractivity (Wildman–Crippen MR) is 72.4 cm³/mol. The van der Waals surface area contributed by atoms with Gasteiger partial charge in [0.1, 0.15) is 5.54 Å². The molecule has 1 fully saturated rings. The first-order chi connectivity index (χ1) is 9.45. The third kappa shape index (κ3) is 2.01. The highest BCUT2D eigenvalue weighted by Crippen LogP contribution is 2.30. The molecule has 0 aromatic heterocycles. The second kappa shape index (κ2) is 4.92. The average molecular weight is 277 g/mol. The highest BCUT2D eigenvalue weighted by Gasteiger charge is 2.49. The number of urea groups is 1. The smallest absolute Gasteiger partial charge is 0.323 e. The fraction of sp³-hybridized carbons (Fsp3) is 0.385. The number of amides is 3. The van der Waals surface area contributed by atoms with E-state index >= 15 is 0 Å². The Bertz CT molecular complexity index is 581. The molecular formula is C13H15N3O4. The Morgan fingerprint density at radius 1 is 1.30 bits per heavy atom. The standard InChI is InChI=1S/C13H15N3O4/c1-3-13(4-2)11(17)15(12(18)14-13)9-6-5-7-10(8-9)16(19)20/h5-8H,3-4H2,1-2H3,(H,14,18). The lowest BCUT2D eigenvalue weighted by Gasteiger charge is -2.23. The summed E-state index contributed by atoms with van der Waals surface area (Å²) in [6, 6.07) is 4.95. The largest absolute Gasteiger partial charge is 0.329 e. The topological polar surface area (TPSA) is 92.6 Å². The molecule has 1 aromatic rings. The average Bonchev–Trinajstić information content (AvgIpc) is 2.70. The van der Waals surface area contributed by atoms with Gasteiger partial charge in [-0.05, 0) is 18.9 Å². The molecule has 20 heavy (non-hydrogen) atoms. The SMILES string of the molecule is CCC1(CC)NC(=O)N(c2cccc([N+](=O)[O-])c2)C1=O. The minimum absolute atomic E-state index is 0.159. The molecule has 0 spiro atoms. The highest BCUT2D eigenvalue weighted by molar-refractivity contribution is 6.23. The number of carbonyl (C=O) groups is 2. The summed E-state index contributed by atoms with van der Waals surface area (Å²) in [7, 11) is 0. The van der Waals surface area contributed by atoms with Crippen LogP contribution in [0.15, 0.2) is 24.3 Å². The van der Waals surface area contributed by atoms with Crippen molar-refractivity contribution in [3.05, 3.63) is 34.4 Å². The number of anilines is 1. The Balaban J connectivity index is 2.43. The maximum absolute atomic E-state index is 12.5. The summed E-state index contributed by atoms with van der Waals surface area (Å²) in [6.07, 6.45) is 0.943. The number of rotatable bonds is 4. The first-order valence-corrected chi connectivity index (χ1v) is 6.36. The first-order valence-electron chi connectivity index (χ1n) is 6.36. The third-order valence-corrected chi connectivity index (χ3v) is 3.67. The second-order valence-electron chi connectivity index (χ2n) is 4.64. The zero-order valence-corrected chi connectivity index (χ0v) is 11.3. The van der Waals surface area contributed by atoms with Gasteiger partial charge in [-0.2, -0.15) is 0 Å². The molecule has 7 nitrogen and oxygen atoms in total. The molecule has 2 rings (SSSR count). The first kappa shape index (κ1) is 14.0. The van der Waals surface area contributed by atoms with Gasteiger partial charge in [-0.1, -0.05) is 19.9 Å². The van der Waals surface area contributed by atoms with Crippen molar-refractivity contribution in [1.82, 2.24) is 5.32 Å². The van der Waals surface area contributed by atoms with E-state index in [9.17, 15) is 19.7 Å². The number of benzene rings is 1. The van der Waals surface area contributed by atoms with Gasteiger partial charge in [-0.25, -0.2) is 9.69 Å². The van der Waals surface area contributed by atoms with Gasteiger partial charge < -0.3 is 5.32 Å². The lowest BCUT2D eigenvalue weighted by Crippen LogP contribution is -2.45. The number of hydrogen-bond donors (Lipinski definition) is 1. The van der Waals surface area contributed by atoms with Crippen molar-refractivity contribution < 1.29 is 14.5 Å². The molecule has 0 atom stereocenters. The van der Waals surface area contributed by atoms with Crippen LogP contribution in [0.2, 0.25) is 0 Å². The Morgan fingerprint density at radius 2 is 1.95 bits per heavy atom. The highest BCUT2D eigenvalue weighted by atomic mass is 16.6. The molecule has 0 saturated carbocycles. The van der Waals surface area contributed by atoms with Gasteiger partial charge in [-0.3, -0.25) is 14.9 Å². The van der Waals surface area contributed by atoms with Crippen LogP contribution in [0.4, 0.5) is 16.2 Å². The van der Waals surface area contributed by atoms with Crippen LogP contribution >= 0.6 is 0 Å². The molecule has 106 valence electrons. The van der Waals surface area contributed by atoms with Crippen molar-refractivity contribution in [1.29, 1.82) is 0 Å². The number of nitrogens with one attached hydrogen (secondary N) is 1. The summed E-state index contributed by atoms with van der Waals surface area (Å²) in [5.41, 5.74) is -0.860. The number of non-ortho nitro benzene ring substituents is 1. The number of hydrogen-bond acceptors (Lipinski definition) is 4. The normalized spacial score (nSPS) is 17.2. The van der Waals surface area contributed by atoms with E-state index in [1.165, 1.54) is 24.3 Å². The third-order valence-electron chi connectivity index (χ3n) is 3.67. The molecule has 1 N–H and O–H groups in total. The zero-order chi connectivity index (χ0) is 14.9. The van der Waals surface area contributed by atoms with Crippen molar-refractivity contribution in [3.8, 4) is 0 Å². The summed E-state index contributed by atoms with van der Waals surface area (Å²) < 4.78 is 0. The second-order valence-corrected chi connectivity index (χ2v) is 4.64. The van der Waals surface area contributed by atoms with E-state index in [0.29, 0.717) is 12.8 Å². The number of imide groups is 1. The molecule has 0 aliphatic carbocycles. The summed E-state index contributed by atoms with van der Waals surface area (Å²) in [5, 5.41) is 13.5. The quantitative estimate of drug-likeness (QED) is 0.518. The monoisotopic (exact) mass is 277 g/mol. The lowest BCUT2D eigenvalue weighted by molar-refractivity contribution is -0.384. The summed E-state index contributed by atoms with van der Waals surface area (Å²) >= 11 is 0. The minimum atomic E-state index is -0.915. The molecule has 3 amide bonds. The van der Waals surface area contributed by atoms with E-state index in [1.54, 1.807) is 0 Å². The van der Waals surface area contributed by atoms with Gasteiger partial charge >= 0.3 is 6.03 Å². The van der Waals surface area contributed by atoms with Crippen LogP contribution in [0.3, 0.4) is 0 Å². The fourth-order valence-electron chi connectivity index (χ4n) is 2.33. The maximum Gasteiger partial charge on any atom is 0.329 e. The van der Waals surface area contributed by atoms with Crippen LogP contribution in [0.1, 0.15) is 26.7 Å². The Hall–Kier alpha value is -2.44. The van der Waals surface area contributed by atoms with Crippen LogP contribution in [-0.4, -0.2) is 22.4 Å². The van der Waals surface area contributed by atoms with Gasteiger partial charge in [0.25, 0.3) is 11.6 Å². The van der Waals surface area contributed by atoms with Gasteiger partial charge in [0, 0.05) is 12.1 Å². The summed E-state index contributed by atoms with van der Waals surface area (Å²) in [6.45, 7) is 3.64. The molecule has 0 radical (unpaired) electrons. The Morgan fingerprint density at radius 3 is 2.45 bits per heavy atom. The summed E-state index contributed by atoms with van der Waals surface area (Å²) in [5.74, 6) is -0.368. The van der Waals surface area contributed by atoms with E-state index < -0.39 is 16.5 Å². The molecule has 1 aliphatic heterocycles. The van der Waals surface area contributed by atoms with Crippen molar-refractivity contribution >= 4 is 23.3 Å². The molecule has 0 bridgehead atoms. The van der Waals surface area contributed by atoms with E-state index in [0.717, 1.165) is 4.90 Å². The molecular weight excluding hydrogens is 262 g/mol. The van der Waals surface area contributed by atoms with Crippen LogP contribution < -0.4 is 10.2 Å². The van der Waals surface area contributed by atoms with Crippen LogP contribution in [0.5, 0.6) is 0 Å². The van der Waals surface area contributed by atoms with Gasteiger partial charge in [0.2, 0.25) is 0 Å². The van der Waals surface area contributed by atoms with Crippen molar-refractivity contribution in [3.63, 3.8) is 0 Å².